The van der Waals surface area contributed by atoms with Crippen molar-refractivity contribution in [1.82, 2.24) is 4.98 Å². The molecule has 0 saturated heterocycles. The number of carbonyl (C=O) groups excluding carboxylic acids is 1. The molecule has 3 nitrogen and oxygen atoms in total. The monoisotopic (exact) mass is 364 g/mol. The fourth-order valence-electron chi connectivity index (χ4n) is 3.99. The predicted octanol–water partition coefficient (Wildman–Crippen LogP) is 4.82. The smallest absolute Gasteiger partial charge is 0.226 e. The lowest BCUT2D eigenvalue weighted by Crippen LogP contribution is -2.20. The molecule has 2 fully saturated rings. The summed E-state index contributed by atoms with van der Waals surface area (Å²) < 4.78 is 2.14. The molecular weight excluding hydrogens is 348 g/mol. The van der Waals surface area contributed by atoms with E-state index < -0.39 is 0 Å². The molecule has 1 aromatic carbocycles. The van der Waals surface area contributed by atoms with Crippen molar-refractivity contribution in [2.75, 3.05) is 5.32 Å². The molecule has 1 aromatic heterocycles. The Labute approximate surface area is 136 Å². The first-order chi connectivity index (χ1) is 10.2. The number of thiazole rings is 1. The second-order valence-corrected chi connectivity index (χ2v) is 8.26. The molecule has 0 radical (unpaired) electrons. The van der Waals surface area contributed by atoms with Crippen LogP contribution in [-0.2, 0) is 4.79 Å². The maximum Gasteiger partial charge on any atom is 0.226 e. The normalized spacial score (nSPS) is 27.4. The van der Waals surface area contributed by atoms with Gasteiger partial charge in [0.05, 0.1) is 10.2 Å². The SMILES string of the molecule is O=C(C[C@@H]1C[C@H]2CC[C@H]1C2)Nc1nc2ccc(Br)cc2s1. The second-order valence-electron chi connectivity index (χ2n) is 6.32. The van der Waals surface area contributed by atoms with Gasteiger partial charge in [0.1, 0.15) is 0 Å². The van der Waals surface area contributed by atoms with E-state index in [-0.39, 0.29) is 5.91 Å². The zero-order chi connectivity index (χ0) is 14.4. The minimum Gasteiger partial charge on any atom is -0.302 e. The van der Waals surface area contributed by atoms with E-state index in [1.165, 1.54) is 37.0 Å². The fraction of sp³-hybridized carbons (Fsp3) is 0.500. The van der Waals surface area contributed by atoms with E-state index in [1.807, 2.05) is 18.2 Å². The summed E-state index contributed by atoms with van der Waals surface area (Å²) in [4.78, 5) is 16.7. The Morgan fingerprint density at radius 2 is 2.29 bits per heavy atom. The Morgan fingerprint density at radius 1 is 1.38 bits per heavy atom. The molecule has 2 bridgehead atoms. The molecule has 0 spiro atoms. The molecule has 1 N–H and O–H groups in total. The number of aromatic nitrogens is 1. The number of hydrogen-bond acceptors (Lipinski definition) is 3. The number of benzene rings is 1. The number of nitrogens with one attached hydrogen (secondary N) is 1. The van der Waals surface area contributed by atoms with Gasteiger partial charge in [0.15, 0.2) is 5.13 Å². The lowest BCUT2D eigenvalue weighted by atomic mass is 9.86. The summed E-state index contributed by atoms with van der Waals surface area (Å²) in [5.74, 6) is 2.43. The van der Waals surface area contributed by atoms with Crippen LogP contribution in [0.5, 0.6) is 0 Å². The van der Waals surface area contributed by atoms with Gasteiger partial charge in [-0.05, 0) is 55.2 Å². The summed E-state index contributed by atoms with van der Waals surface area (Å²) in [5, 5.41) is 3.71. The molecule has 1 amide bonds. The van der Waals surface area contributed by atoms with Gasteiger partial charge in [0.25, 0.3) is 0 Å². The van der Waals surface area contributed by atoms with Gasteiger partial charge in [-0.1, -0.05) is 33.7 Å². The number of hydrogen-bond donors (Lipinski definition) is 1. The first-order valence-electron chi connectivity index (χ1n) is 7.53. The van der Waals surface area contributed by atoms with Crippen LogP contribution < -0.4 is 5.32 Å². The van der Waals surface area contributed by atoms with Crippen LogP contribution >= 0.6 is 27.3 Å². The Hall–Kier alpha value is -0.940. The van der Waals surface area contributed by atoms with Crippen molar-refractivity contribution in [2.45, 2.75) is 32.1 Å². The third kappa shape index (κ3) is 2.73. The number of carbonyl (C=O) groups is 1. The van der Waals surface area contributed by atoms with Gasteiger partial charge in [-0.25, -0.2) is 4.98 Å². The van der Waals surface area contributed by atoms with E-state index in [1.54, 1.807) is 0 Å². The fourth-order valence-corrected chi connectivity index (χ4v) is 5.42. The van der Waals surface area contributed by atoms with Gasteiger partial charge in [-0.2, -0.15) is 0 Å². The van der Waals surface area contributed by atoms with Gasteiger partial charge in [0.2, 0.25) is 5.91 Å². The maximum atomic E-state index is 12.2. The summed E-state index contributed by atoms with van der Waals surface area (Å²) in [5.41, 5.74) is 0.943. The van der Waals surface area contributed by atoms with Crippen LogP contribution in [-0.4, -0.2) is 10.9 Å². The molecule has 4 rings (SSSR count). The molecule has 2 aromatic rings. The van der Waals surface area contributed by atoms with Crippen molar-refractivity contribution in [3.63, 3.8) is 0 Å². The highest BCUT2D eigenvalue weighted by atomic mass is 79.9. The average molecular weight is 365 g/mol. The van der Waals surface area contributed by atoms with Crippen LogP contribution in [0.4, 0.5) is 5.13 Å². The summed E-state index contributed by atoms with van der Waals surface area (Å²) >= 11 is 5.00. The van der Waals surface area contributed by atoms with E-state index in [9.17, 15) is 4.79 Å². The van der Waals surface area contributed by atoms with Gasteiger partial charge < -0.3 is 5.32 Å². The largest absolute Gasteiger partial charge is 0.302 e. The first-order valence-corrected chi connectivity index (χ1v) is 9.14. The third-order valence-corrected chi connectivity index (χ3v) is 6.36. The highest BCUT2D eigenvalue weighted by molar-refractivity contribution is 9.10. The lowest BCUT2D eigenvalue weighted by molar-refractivity contribution is -0.117. The van der Waals surface area contributed by atoms with Gasteiger partial charge in [-0.15, -0.1) is 0 Å². The van der Waals surface area contributed by atoms with E-state index >= 15 is 0 Å². The Balaban J connectivity index is 1.43. The van der Waals surface area contributed by atoms with Gasteiger partial charge >= 0.3 is 0 Å². The average Bonchev–Trinajstić information content (AvgIpc) is 3.12. The molecule has 2 aliphatic carbocycles. The van der Waals surface area contributed by atoms with Crippen LogP contribution in [0.1, 0.15) is 32.1 Å². The zero-order valence-electron chi connectivity index (χ0n) is 11.6. The topological polar surface area (TPSA) is 42.0 Å². The Bertz CT molecular complexity index is 699. The van der Waals surface area contributed by atoms with Crippen LogP contribution in [0, 0.1) is 17.8 Å². The van der Waals surface area contributed by atoms with Crippen molar-refractivity contribution in [3.8, 4) is 0 Å². The summed E-state index contributed by atoms with van der Waals surface area (Å²) in [6.45, 7) is 0. The predicted molar refractivity (Wildman–Crippen MR) is 89.5 cm³/mol. The Kier molecular flexibility index (Phi) is 3.50. The second kappa shape index (κ2) is 5.36. The molecule has 5 heteroatoms. The molecule has 1 heterocycles. The highest BCUT2D eigenvalue weighted by Crippen LogP contribution is 2.49. The van der Waals surface area contributed by atoms with Gasteiger partial charge in [-0.3, -0.25) is 4.79 Å². The summed E-state index contributed by atoms with van der Waals surface area (Å²) in [7, 11) is 0. The zero-order valence-corrected chi connectivity index (χ0v) is 14.0. The summed E-state index contributed by atoms with van der Waals surface area (Å²) in [6.07, 6.45) is 5.99. The number of fused-ring (bicyclic) bond motifs is 3. The Morgan fingerprint density at radius 3 is 3.05 bits per heavy atom. The number of nitrogens with zero attached hydrogens (tertiary/aromatic N) is 1. The van der Waals surface area contributed by atoms with Crippen molar-refractivity contribution >= 4 is 48.5 Å². The first kappa shape index (κ1) is 13.7. The van der Waals surface area contributed by atoms with Crippen molar-refractivity contribution in [3.05, 3.63) is 22.7 Å². The molecular formula is C16H17BrN2OS. The number of halogens is 1. The molecule has 110 valence electrons. The van der Waals surface area contributed by atoms with E-state index in [0.717, 1.165) is 31.7 Å². The van der Waals surface area contributed by atoms with E-state index in [2.05, 4.69) is 26.2 Å². The number of anilines is 1. The minimum absolute atomic E-state index is 0.130. The molecule has 21 heavy (non-hydrogen) atoms. The molecule has 2 aliphatic rings. The van der Waals surface area contributed by atoms with Crippen LogP contribution in [0.15, 0.2) is 22.7 Å². The van der Waals surface area contributed by atoms with Crippen molar-refractivity contribution < 1.29 is 4.79 Å². The molecule has 0 aliphatic heterocycles. The third-order valence-electron chi connectivity index (χ3n) is 4.93. The quantitative estimate of drug-likeness (QED) is 0.847. The standard InChI is InChI=1S/C16H17BrN2OS/c17-12-3-4-13-14(8-12)21-16(18-13)19-15(20)7-11-6-9-1-2-10(11)5-9/h3-4,8-11H,1-2,5-7H2,(H,18,19,20)/t9-,10-,11-/m0/s1. The highest BCUT2D eigenvalue weighted by Gasteiger charge is 2.40. The minimum atomic E-state index is 0.130. The van der Waals surface area contributed by atoms with Crippen LogP contribution in [0.25, 0.3) is 10.2 Å². The van der Waals surface area contributed by atoms with E-state index in [0.29, 0.717) is 12.3 Å². The summed E-state index contributed by atoms with van der Waals surface area (Å²) in [6, 6.07) is 5.99. The molecule has 3 atom stereocenters. The van der Waals surface area contributed by atoms with Crippen molar-refractivity contribution in [1.29, 1.82) is 0 Å². The van der Waals surface area contributed by atoms with Gasteiger partial charge in [0, 0.05) is 10.9 Å². The lowest BCUT2D eigenvalue weighted by Gasteiger charge is -2.20. The number of amides is 1. The number of rotatable bonds is 3. The van der Waals surface area contributed by atoms with Crippen LogP contribution in [0.2, 0.25) is 0 Å². The van der Waals surface area contributed by atoms with Crippen molar-refractivity contribution in [2.24, 2.45) is 17.8 Å². The molecule has 2 saturated carbocycles. The molecule has 0 unspecified atom stereocenters. The van der Waals surface area contributed by atoms with E-state index in [4.69, 9.17) is 0 Å². The maximum absolute atomic E-state index is 12.2. The van der Waals surface area contributed by atoms with Crippen LogP contribution in [0.3, 0.4) is 0 Å².